The van der Waals surface area contributed by atoms with Crippen LogP contribution in [0.1, 0.15) is 132 Å². The van der Waals surface area contributed by atoms with Crippen LogP contribution in [0.3, 0.4) is 0 Å². The number of hydrogen-bond donors (Lipinski definition) is 3. The lowest BCUT2D eigenvalue weighted by Crippen LogP contribution is -2.69. The van der Waals surface area contributed by atoms with Crippen LogP contribution in [0, 0.1) is 5.41 Å². The van der Waals surface area contributed by atoms with Gasteiger partial charge in [0.2, 0.25) is 5.91 Å². The molecule has 0 spiro atoms. The number of hydrogen-bond acceptors (Lipinski definition) is 13. The van der Waals surface area contributed by atoms with Gasteiger partial charge in [-0.25, -0.2) is 4.79 Å². The first-order valence-corrected chi connectivity index (χ1v) is 23.3. The van der Waals surface area contributed by atoms with Crippen LogP contribution in [0.2, 0.25) is 0 Å². The molecule has 15 nitrogen and oxygen atoms in total. The molecule has 6 rings (SSSR count). The Bertz CT molecular complexity index is 2100. The van der Waals surface area contributed by atoms with E-state index in [2.05, 4.69) is 29.2 Å². The molecule has 4 aliphatic rings. The molecule has 3 N–H and O–H groups in total. The number of aliphatic hydroxyl groups is 1. The van der Waals surface area contributed by atoms with Gasteiger partial charge in [0.1, 0.15) is 35.4 Å². The second kappa shape index (κ2) is 22.0. The van der Waals surface area contributed by atoms with Crippen molar-refractivity contribution in [1.29, 1.82) is 0 Å². The van der Waals surface area contributed by atoms with Gasteiger partial charge in [-0.15, -0.1) is 0 Å². The Morgan fingerprint density at radius 3 is 2.34 bits per heavy atom. The van der Waals surface area contributed by atoms with Crippen molar-refractivity contribution in [3.63, 3.8) is 0 Å². The van der Waals surface area contributed by atoms with Gasteiger partial charge in [0.15, 0.2) is 18.4 Å². The first-order valence-electron chi connectivity index (χ1n) is 23.3. The number of fused-ring (bicyclic) bond motifs is 4. The highest BCUT2D eigenvalue weighted by atomic mass is 19.4. The van der Waals surface area contributed by atoms with Gasteiger partial charge in [-0.2, -0.15) is 18.2 Å². The molecular weight excluding hydrogens is 880 g/mol. The molecule has 4 fully saturated rings. The Labute approximate surface area is 389 Å². The van der Waals surface area contributed by atoms with Crippen LogP contribution < -0.4 is 10.6 Å². The molecule has 18 heteroatoms. The zero-order valence-corrected chi connectivity index (χ0v) is 38.9. The molecule has 3 saturated heterocycles. The van der Waals surface area contributed by atoms with Gasteiger partial charge in [0.05, 0.1) is 19.2 Å². The van der Waals surface area contributed by atoms with Gasteiger partial charge in [-0.05, 0) is 74.9 Å². The molecule has 7 unspecified atom stereocenters. The first-order chi connectivity index (χ1) is 31.8. The number of esters is 3. The normalized spacial score (nSPS) is 24.7. The van der Waals surface area contributed by atoms with E-state index in [1.165, 1.54) is 11.1 Å². The predicted octanol–water partition coefficient (Wildman–Crippen LogP) is 6.78. The van der Waals surface area contributed by atoms with Crippen molar-refractivity contribution in [3.05, 3.63) is 76.9 Å². The second-order valence-corrected chi connectivity index (χ2v) is 18.8. The lowest BCUT2D eigenvalue weighted by atomic mass is 9.62. The Balaban J connectivity index is 1.26. The van der Waals surface area contributed by atoms with E-state index in [9.17, 15) is 37.5 Å². The fourth-order valence-corrected chi connectivity index (χ4v) is 9.40. The number of nitrogens with one attached hydrogen (secondary N) is 2. The van der Waals surface area contributed by atoms with Crippen molar-refractivity contribution in [3.8, 4) is 0 Å². The maximum absolute atomic E-state index is 15.1. The highest BCUT2D eigenvalue weighted by molar-refractivity contribution is 5.95. The number of hydroxylamine groups is 2. The van der Waals surface area contributed by atoms with Crippen LogP contribution in [-0.4, -0.2) is 107 Å². The van der Waals surface area contributed by atoms with Crippen LogP contribution in [-0.2, 0) is 60.8 Å². The fourth-order valence-electron chi connectivity index (χ4n) is 9.40. The van der Waals surface area contributed by atoms with Crippen LogP contribution >= 0.6 is 0 Å². The van der Waals surface area contributed by atoms with E-state index in [0.29, 0.717) is 29.5 Å². The largest absolute Gasteiger partial charge is 0.460 e. The molecule has 1 saturated carbocycles. The average Bonchev–Trinajstić information content (AvgIpc) is 3.83. The van der Waals surface area contributed by atoms with E-state index < -0.39 is 102 Å². The van der Waals surface area contributed by atoms with Crippen LogP contribution in [0.5, 0.6) is 0 Å². The van der Waals surface area contributed by atoms with Crippen molar-refractivity contribution in [2.75, 3.05) is 13.2 Å². The predicted molar refractivity (Wildman–Crippen MR) is 236 cm³/mol. The number of alkyl halides is 3. The number of amides is 2. The number of aliphatic hydroxyl groups excluding tert-OH is 1. The molecule has 368 valence electrons. The van der Waals surface area contributed by atoms with Crippen LogP contribution in [0.4, 0.5) is 13.2 Å². The fraction of sp³-hybridized carbons (Fsp3) is 0.612. The van der Waals surface area contributed by atoms with E-state index >= 15 is 4.79 Å². The molecule has 0 radical (unpaired) electrons. The van der Waals surface area contributed by atoms with Gasteiger partial charge in [0.25, 0.3) is 5.91 Å². The van der Waals surface area contributed by atoms with E-state index in [0.717, 1.165) is 44.6 Å². The zero-order valence-electron chi connectivity index (χ0n) is 38.9. The SMILES string of the molecule is CCCCCC1(CCCCC)OC2C3CC4(C(=O)NCc5cccc(C(=O)NC(CO)CCC(=O)OC(C)(C)C)c5)C(ON(Cc5ccccc5C=CC(=O)OCC(F)(F)F)C4C(=O)O3)C2O1. The average molecular weight is 944 g/mol. The smallest absolute Gasteiger partial charge is 0.422 e. The summed E-state index contributed by atoms with van der Waals surface area (Å²) in [5, 5.41) is 17.2. The Hall–Kier alpha value is -4.88. The number of unbranched alkanes of at least 4 members (excludes halogenated alkanes) is 4. The molecule has 2 amide bonds. The van der Waals surface area contributed by atoms with Gasteiger partial charge in [0, 0.05) is 43.9 Å². The van der Waals surface area contributed by atoms with Gasteiger partial charge < -0.3 is 39.4 Å². The molecule has 67 heavy (non-hydrogen) atoms. The summed E-state index contributed by atoms with van der Waals surface area (Å²) in [6, 6.07) is 11.3. The van der Waals surface area contributed by atoms with Crippen molar-refractivity contribution in [1.82, 2.24) is 15.7 Å². The summed E-state index contributed by atoms with van der Waals surface area (Å²) in [5.74, 6) is -4.38. The number of halogens is 3. The molecule has 1 aliphatic carbocycles. The van der Waals surface area contributed by atoms with Gasteiger partial charge >= 0.3 is 24.1 Å². The van der Waals surface area contributed by atoms with Crippen molar-refractivity contribution >= 4 is 35.8 Å². The number of rotatable bonds is 22. The molecule has 2 bridgehead atoms. The van der Waals surface area contributed by atoms with Crippen LogP contribution in [0.15, 0.2) is 54.6 Å². The minimum absolute atomic E-state index is 0.0139. The Morgan fingerprint density at radius 1 is 0.970 bits per heavy atom. The van der Waals surface area contributed by atoms with E-state index in [1.807, 2.05) is 0 Å². The minimum Gasteiger partial charge on any atom is -0.460 e. The molecule has 0 aromatic heterocycles. The molecule has 3 aliphatic heterocycles. The Kier molecular flexibility index (Phi) is 16.9. The maximum Gasteiger partial charge on any atom is 0.422 e. The van der Waals surface area contributed by atoms with Gasteiger partial charge in [-0.1, -0.05) is 75.9 Å². The van der Waals surface area contributed by atoms with Crippen molar-refractivity contribution in [2.45, 2.75) is 172 Å². The van der Waals surface area contributed by atoms with Crippen LogP contribution in [0.25, 0.3) is 6.08 Å². The summed E-state index contributed by atoms with van der Waals surface area (Å²) in [6.45, 7) is 7.15. The second-order valence-electron chi connectivity index (χ2n) is 18.8. The monoisotopic (exact) mass is 943 g/mol. The summed E-state index contributed by atoms with van der Waals surface area (Å²) in [7, 11) is 0. The Morgan fingerprint density at radius 2 is 1.67 bits per heavy atom. The molecular formula is C49H64F3N3O12. The van der Waals surface area contributed by atoms with Crippen molar-refractivity contribution < 1.29 is 70.8 Å². The summed E-state index contributed by atoms with van der Waals surface area (Å²) in [4.78, 5) is 74.1. The van der Waals surface area contributed by atoms with Crippen molar-refractivity contribution in [2.24, 2.45) is 5.41 Å². The summed E-state index contributed by atoms with van der Waals surface area (Å²) < 4.78 is 67.8. The lowest BCUT2D eigenvalue weighted by Gasteiger charge is -2.48. The highest BCUT2D eigenvalue weighted by Crippen LogP contribution is 2.58. The number of benzene rings is 2. The number of ether oxygens (including phenoxy) is 5. The molecule has 3 heterocycles. The summed E-state index contributed by atoms with van der Waals surface area (Å²) >= 11 is 0. The van der Waals surface area contributed by atoms with E-state index in [4.69, 9.17) is 23.8 Å². The molecule has 2 aromatic rings. The number of carbonyl (C=O) groups is 5. The topological polar surface area (TPSA) is 188 Å². The molecule has 2 aromatic carbocycles. The number of carbonyl (C=O) groups excluding carboxylic acids is 5. The molecule has 7 atom stereocenters. The third-order valence-electron chi connectivity index (χ3n) is 12.5. The summed E-state index contributed by atoms with van der Waals surface area (Å²) in [5.41, 5.74) is -0.492. The maximum atomic E-state index is 15.1. The number of nitrogens with zero attached hydrogens (tertiary/aromatic N) is 1. The zero-order chi connectivity index (χ0) is 48.6. The third kappa shape index (κ3) is 12.8. The third-order valence-corrected chi connectivity index (χ3v) is 12.5. The minimum atomic E-state index is -4.70. The van der Waals surface area contributed by atoms with Gasteiger partial charge in [-0.3, -0.25) is 24.0 Å². The van der Waals surface area contributed by atoms with E-state index in [-0.39, 0.29) is 37.9 Å². The highest BCUT2D eigenvalue weighted by Gasteiger charge is 2.76. The quantitative estimate of drug-likeness (QED) is 0.0486. The summed E-state index contributed by atoms with van der Waals surface area (Å²) in [6.07, 6.45) is 0.921. The lowest BCUT2D eigenvalue weighted by molar-refractivity contribution is -0.224. The van der Waals surface area contributed by atoms with E-state index in [1.54, 1.807) is 69.3 Å². The standard InChI is InChI=1S/C49H64F3N3O12/c1-6-8-12-23-47(24-13-9-7-2)65-39-36-26-48(45(61)53-27-31-15-14-18-33(25-31)43(59)54-35(29-56)20-22-38(58)64-46(3,4)5)41(44(60)63-36)55(67-42(48)40(39)66-47)28-34-17-11-10-16-32(34)19-21-37(57)62-30-49(50,51)52/h10-11,14-19,21,25,35-36,39-42,56H,6-9,12-13,20,22-24,26-30H2,1-5H3,(H,53,61)(H,54,59). The first kappa shape index (κ1) is 51.5.